The zero-order valence-corrected chi connectivity index (χ0v) is 21.1. The topological polar surface area (TPSA) is 69.7 Å². The minimum absolute atomic E-state index is 0.0481. The minimum Gasteiger partial charge on any atom is -0.346 e. The highest BCUT2D eigenvalue weighted by Crippen LogP contribution is 2.45. The van der Waals surface area contributed by atoms with Crippen molar-refractivity contribution in [3.63, 3.8) is 0 Å². The standard InChI is InChI=1S/C26H40O5S/c1-18(22(5)27)11-12-24-19(2)13-15-26(30-24)16-14-20(3)25(31-26)21(4)17-32(28,29)23-9-7-6-8-10-23/h6-10,18-21,24-25H,11-17H2,1-5H3/t18-,19+,20-,21+,24-,25+,26+/m0/s1. The van der Waals surface area contributed by atoms with Crippen LogP contribution in [0.1, 0.15) is 73.1 Å². The molecule has 2 saturated heterocycles. The molecule has 7 atom stereocenters. The molecule has 5 nitrogen and oxygen atoms in total. The fourth-order valence-corrected chi connectivity index (χ4v) is 6.84. The van der Waals surface area contributed by atoms with Crippen LogP contribution >= 0.6 is 0 Å². The number of rotatable bonds is 8. The molecule has 1 aromatic carbocycles. The van der Waals surface area contributed by atoms with Gasteiger partial charge in [-0.2, -0.15) is 0 Å². The number of ether oxygens (including phenoxy) is 2. The average Bonchev–Trinajstić information content (AvgIpc) is 2.76. The summed E-state index contributed by atoms with van der Waals surface area (Å²) in [6.45, 7) is 9.99. The van der Waals surface area contributed by atoms with E-state index < -0.39 is 15.6 Å². The van der Waals surface area contributed by atoms with E-state index in [1.165, 1.54) is 0 Å². The van der Waals surface area contributed by atoms with Gasteiger partial charge in [0.15, 0.2) is 15.6 Å². The molecule has 1 aromatic rings. The van der Waals surface area contributed by atoms with Gasteiger partial charge in [0.05, 0.1) is 22.9 Å². The predicted molar refractivity (Wildman–Crippen MR) is 126 cm³/mol. The van der Waals surface area contributed by atoms with Gasteiger partial charge >= 0.3 is 0 Å². The van der Waals surface area contributed by atoms with Gasteiger partial charge in [0, 0.05) is 18.8 Å². The highest BCUT2D eigenvalue weighted by molar-refractivity contribution is 7.91. The molecule has 0 N–H and O–H groups in total. The van der Waals surface area contributed by atoms with Crippen LogP contribution in [0.2, 0.25) is 0 Å². The van der Waals surface area contributed by atoms with Gasteiger partial charge in [-0.1, -0.05) is 45.9 Å². The molecule has 0 aliphatic carbocycles. The summed E-state index contributed by atoms with van der Waals surface area (Å²) in [7, 11) is -3.37. The molecule has 3 rings (SSSR count). The molecule has 32 heavy (non-hydrogen) atoms. The van der Waals surface area contributed by atoms with Crippen LogP contribution in [0.25, 0.3) is 0 Å². The molecular formula is C26H40O5S. The van der Waals surface area contributed by atoms with Crippen molar-refractivity contribution in [3.05, 3.63) is 30.3 Å². The Balaban J connectivity index is 1.68. The quantitative estimate of drug-likeness (QED) is 0.513. The first-order valence-corrected chi connectivity index (χ1v) is 13.8. The van der Waals surface area contributed by atoms with Gasteiger partial charge in [0.25, 0.3) is 0 Å². The smallest absolute Gasteiger partial charge is 0.178 e. The van der Waals surface area contributed by atoms with Crippen molar-refractivity contribution < 1.29 is 22.7 Å². The lowest BCUT2D eigenvalue weighted by molar-refractivity contribution is -0.336. The molecule has 2 aliphatic rings. The molecule has 2 aliphatic heterocycles. The van der Waals surface area contributed by atoms with E-state index in [2.05, 4.69) is 13.8 Å². The van der Waals surface area contributed by atoms with Gasteiger partial charge in [-0.3, -0.25) is 4.79 Å². The number of ketones is 1. The van der Waals surface area contributed by atoms with Crippen LogP contribution in [0.5, 0.6) is 0 Å². The third-order valence-electron chi connectivity index (χ3n) is 7.60. The second-order valence-electron chi connectivity index (χ2n) is 10.3. The molecule has 180 valence electrons. The van der Waals surface area contributed by atoms with Crippen LogP contribution in [-0.4, -0.2) is 37.9 Å². The Bertz CT molecular complexity index is 863. The SMILES string of the molecule is CC(=O)[C@@H](C)CC[C@@H]1O[C@@]2(CC[C@H]1C)CC[C@H](C)[C@H]([C@H](C)CS(=O)(=O)c1ccccc1)O2. The van der Waals surface area contributed by atoms with Gasteiger partial charge in [-0.25, -0.2) is 8.42 Å². The first kappa shape index (κ1) is 25.4. The number of benzene rings is 1. The summed E-state index contributed by atoms with van der Waals surface area (Å²) < 4.78 is 39.2. The van der Waals surface area contributed by atoms with Crippen molar-refractivity contribution in [1.29, 1.82) is 0 Å². The van der Waals surface area contributed by atoms with E-state index >= 15 is 0 Å². The Hall–Kier alpha value is -1.24. The van der Waals surface area contributed by atoms with Crippen LogP contribution in [-0.2, 0) is 24.1 Å². The number of hydrogen-bond acceptors (Lipinski definition) is 5. The molecule has 0 unspecified atom stereocenters. The third-order valence-corrected chi connectivity index (χ3v) is 9.55. The predicted octanol–water partition coefficient (Wildman–Crippen LogP) is 5.43. The van der Waals surface area contributed by atoms with E-state index in [1.54, 1.807) is 31.2 Å². The van der Waals surface area contributed by atoms with Gasteiger partial charge < -0.3 is 9.47 Å². The van der Waals surface area contributed by atoms with Crippen LogP contribution < -0.4 is 0 Å². The summed E-state index contributed by atoms with van der Waals surface area (Å²) in [5, 5.41) is 0. The Morgan fingerprint density at radius 3 is 2.31 bits per heavy atom. The number of hydrogen-bond donors (Lipinski definition) is 0. The van der Waals surface area contributed by atoms with Crippen molar-refractivity contribution >= 4 is 15.6 Å². The molecular weight excluding hydrogens is 424 g/mol. The van der Waals surface area contributed by atoms with Crippen LogP contribution in [0.3, 0.4) is 0 Å². The largest absolute Gasteiger partial charge is 0.346 e. The summed E-state index contributed by atoms with van der Waals surface area (Å²) in [5.74, 6) is 0.284. The number of carbonyl (C=O) groups is 1. The van der Waals surface area contributed by atoms with E-state index in [0.717, 1.165) is 38.5 Å². The first-order valence-electron chi connectivity index (χ1n) is 12.2. The summed E-state index contributed by atoms with van der Waals surface area (Å²) in [6.07, 6.45) is 5.26. The van der Waals surface area contributed by atoms with E-state index in [0.29, 0.717) is 10.8 Å². The van der Waals surface area contributed by atoms with Crippen molar-refractivity contribution in [1.82, 2.24) is 0 Å². The highest BCUT2D eigenvalue weighted by atomic mass is 32.2. The molecule has 1 spiro atoms. The highest BCUT2D eigenvalue weighted by Gasteiger charge is 2.48. The van der Waals surface area contributed by atoms with Gasteiger partial charge in [0.1, 0.15) is 5.78 Å². The fourth-order valence-electron chi connectivity index (χ4n) is 5.19. The fraction of sp³-hybridized carbons (Fsp3) is 0.731. The van der Waals surface area contributed by atoms with Crippen molar-refractivity contribution in [2.45, 2.75) is 96.0 Å². The van der Waals surface area contributed by atoms with Gasteiger partial charge in [-0.05, 0) is 62.5 Å². The summed E-state index contributed by atoms with van der Waals surface area (Å²) in [4.78, 5) is 12.0. The lowest BCUT2D eigenvalue weighted by Gasteiger charge is -2.51. The zero-order valence-electron chi connectivity index (χ0n) is 20.3. The van der Waals surface area contributed by atoms with Crippen molar-refractivity contribution in [2.75, 3.05) is 5.75 Å². The van der Waals surface area contributed by atoms with E-state index in [-0.39, 0.29) is 41.5 Å². The van der Waals surface area contributed by atoms with Crippen LogP contribution in [0.15, 0.2) is 35.2 Å². The second-order valence-corrected chi connectivity index (χ2v) is 12.4. The van der Waals surface area contributed by atoms with E-state index in [4.69, 9.17) is 9.47 Å². The Labute approximate surface area is 194 Å². The molecule has 0 amide bonds. The number of Topliss-reactive ketones (excluding diaryl/α,β-unsaturated/α-hetero) is 1. The molecule has 2 fully saturated rings. The molecule has 6 heteroatoms. The molecule has 0 radical (unpaired) electrons. The zero-order chi connectivity index (χ0) is 23.5. The molecule has 0 aromatic heterocycles. The Morgan fingerprint density at radius 1 is 1.06 bits per heavy atom. The molecule has 0 bridgehead atoms. The first-order chi connectivity index (χ1) is 15.0. The normalized spacial score (nSPS) is 33.0. The second kappa shape index (κ2) is 10.4. The lowest BCUT2D eigenvalue weighted by Crippen LogP contribution is -2.54. The van der Waals surface area contributed by atoms with E-state index in [9.17, 15) is 13.2 Å². The molecule has 0 saturated carbocycles. The van der Waals surface area contributed by atoms with Crippen molar-refractivity contribution in [2.24, 2.45) is 23.7 Å². The number of carbonyl (C=O) groups excluding carboxylic acids is 1. The lowest BCUT2D eigenvalue weighted by atomic mass is 9.81. The Kier molecular flexibility index (Phi) is 8.21. The van der Waals surface area contributed by atoms with Gasteiger partial charge in [-0.15, -0.1) is 0 Å². The summed E-state index contributed by atoms with van der Waals surface area (Å²) >= 11 is 0. The maximum Gasteiger partial charge on any atom is 0.178 e. The van der Waals surface area contributed by atoms with Crippen LogP contribution in [0.4, 0.5) is 0 Å². The van der Waals surface area contributed by atoms with Crippen molar-refractivity contribution in [3.8, 4) is 0 Å². The Morgan fingerprint density at radius 2 is 1.69 bits per heavy atom. The average molecular weight is 465 g/mol. The summed E-state index contributed by atoms with van der Waals surface area (Å²) in [5.41, 5.74) is 0. The van der Waals surface area contributed by atoms with E-state index in [1.807, 2.05) is 19.9 Å². The summed E-state index contributed by atoms with van der Waals surface area (Å²) in [6, 6.07) is 8.67. The van der Waals surface area contributed by atoms with Gasteiger partial charge in [0.2, 0.25) is 0 Å². The molecule has 2 heterocycles. The maximum absolute atomic E-state index is 12.9. The number of sulfone groups is 1. The van der Waals surface area contributed by atoms with Crippen LogP contribution in [0, 0.1) is 23.7 Å². The minimum atomic E-state index is -3.37. The monoisotopic (exact) mass is 464 g/mol. The maximum atomic E-state index is 12.9. The third kappa shape index (κ3) is 6.00.